The van der Waals surface area contributed by atoms with Crippen molar-refractivity contribution in [3.05, 3.63) is 89.2 Å². The second-order valence-electron chi connectivity index (χ2n) is 6.87. The maximum atomic E-state index is 12.7. The molecule has 0 saturated heterocycles. The molecule has 5 nitrogen and oxygen atoms in total. The second kappa shape index (κ2) is 8.48. The van der Waals surface area contributed by atoms with E-state index in [1.807, 2.05) is 55.5 Å². The third-order valence-electron chi connectivity index (χ3n) is 4.44. The summed E-state index contributed by atoms with van der Waals surface area (Å²) < 4.78 is 0. The Morgan fingerprint density at radius 1 is 0.750 bits per heavy atom. The standard InChI is InChI=1S/C23H23N3O2/c1-15(2)17-10-5-7-12-19(17)26-23(28)21-14-8-13-20(24-21)22(27)25-18-11-6-4-9-16(18)3/h4-15H,1-3H3,(H,25,27)(H,26,28). The largest absolute Gasteiger partial charge is 0.320 e. The number of hydrogen-bond acceptors (Lipinski definition) is 3. The predicted molar refractivity (Wildman–Crippen MR) is 112 cm³/mol. The van der Waals surface area contributed by atoms with E-state index in [-0.39, 0.29) is 29.1 Å². The van der Waals surface area contributed by atoms with Crippen LogP contribution in [0.2, 0.25) is 0 Å². The number of benzene rings is 2. The lowest BCUT2D eigenvalue weighted by molar-refractivity contribution is 0.101. The third-order valence-corrected chi connectivity index (χ3v) is 4.44. The molecule has 5 heteroatoms. The van der Waals surface area contributed by atoms with Crippen molar-refractivity contribution < 1.29 is 9.59 Å². The Bertz CT molecular complexity index is 1010. The van der Waals surface area contributed by atoms with Gasteiger partial charge in [0.2, 0.25) is 0 Å². The van der Waals surface area contributed by atoms with E-state index in [1.54, 1.807) is 18.2 Å². The van der Waals surface area contributed by atoms with E-state index in [9.17, 15) is 9.59 Å². The lowest BCUT2D eigenvalue weighted by atomic mass is 10.0. The molecule has 1 heterocycles. The topological polar surface area (TPSA) is 71.1 Å². The van der Waals surface area contributed by atoms with Crippen LogP contribution in [0, 0.1) is 6.92 Å². The minimum Gasteiger partial charge on any atom is -0.320 e. The van der Waals surface area contributed by atoms with Crippen molar-refractivity contribution >= 4 is 23.2 Å². The zero-order chi connectivity index (χ0) is 20.1. The van der Waals surface area contributed by atoms with Gasteiger partial charge in [-0.25, -0.2) is 4.98 Å². The molecule has 0 atom stereocenters. The molecule has 28 heavy (non-hydrogen) atoms. The predicted octanol–water partition coefficient (Wildman–Crippen LogP) is 5.02. The summed E-state index contributed by atoms with van der Waals surface area (Å²) in [5.41, 5.74) is 3.84. The number of carbonyl (C=O) groups is 2. The molecular formula is C23H23N3O2. The highest BCUT2D eigenvalue weighted by Crippen LogP contribution is 2.24. The number of rotatable bonds is 5. The van der Waals surface area contributed by atoms with Gasteiger partial charge in [-0.1, -0.05) is 56.3 Å². The molecule has 142 valence electrons. The average Bonchev–Trinajstić information content (AvgIpc) is 2.70. The Balaban J connectivity index is 1.78. The van der Waals surface area contributed by atoms with Crippen molar-refractivity contribution in [1.82, 2.24) is 4.98 Å². The highest BCUT2D eigenvalue weighted by atomic mass is 16.2. The van der Waals surface area contributed by atoms with Gasteiger partial charge < -0.3 is 10.6 Å². The molecule has 0 aliphatic heterocycles. The Morgan fingerprint density at radius 2 is 1.29 bits per heavy atom. The normalized spacial score (nSPS) is 10.6. The monoisotopic (exact) mass is 373 g/mol. The summed E-state index contributed by atoms with van der Waals surface area (Å²) in [5.74, 6) is -0.430. The van der Waals surface area contributed by atoms with Crippen molar-refractivity contribution in [2.75, 3.05) is 10.6 Å². The van der Waals surface area contributed by atoms with Crippen LogP contribution in [0.25, 0.3) is 0 Å². The number of aryl methyl sites for hydroxylation is 1. The quantitative estimate of drug-likeness (QED) is 0.660. The van der Waals surface area contributed by atoms with Crippen LogP contribution in [0.5, 0.6) is 0 Å². The number of carbonyl (C=O) groups excluding carboxylic acids is 2. The summed E-state index contributed by atoms with van der Waals surface area (Å²) in [6, 6.07) is 20.0. The van der Waals surface area contributed by atoms with Crippen LogP contribution in [0.15, 0.2) is 66.7 Å². The Morgan fingerprint density at radius 3 is 1.89 bits per heavy atom. The number of nitrogens with one attached hydrogen (secondary N) is 2. The van der Waals surface area contributed by atoms with E-state index in [2.05, 4.69) is 29.5 Å². The molecule has 0 radical (unpaired) electrons. The maximum absolute atomic E-state index is 12.7. The number of nitrogens with zero attached hydrogens (tertiary/aromatic N) is 1. The summed E-state index contributed by atoms with van der Waals surface area (Å²) in [5, 5.41) is 5.73. The van der Waals surface area contributed by atoms with Gasteiger partial charge in [-0.05, 0) is 48.2 Å². The van der Waals surface area contributed by atoms with Gasteiger partial charge in [-0.2, -0.15) is 0 Å². The minimum absolute atomic E-state index is 0.188. The van der Waals surface area contributed by atoms with Crippen molar-refractivity contribution in [1.29, 1.82) is 0 Å². The van der Waals surface area contributed by atoms with Gasteiger partial charge in [-0.15, -0.1) is 0 Å². The van der Waals surface area contributed by atoms with Crippen LogP contribution in [0.1, 0.15) is 51.9 Å². The fraction of sp³-hybridized carbons (Fsp3) is 0.174. The van der Waals surface area contributed by atoms with Crippen LogP contribution >= 0.6 is 0 Å². The summed E-state index contributed by atoms with van der Waals surface area (Å²) in [6.45, 7) is 6.05. The second-order valence-corrected chi connectivity index (χ2v) is 6.87. The van der Waals surface area contributed by atoms with Gasteiger partial charge in [-0.3, -0.25) is 9.59 Å². The molecule has 0 aliphatic rings. The van der Waals surface area contributed by atoms with Crippen LogP contribution in [0.3, 0.4) is 0 Å². The van der Waals surface area contributed by atoms with Crippen molar-refractivity contribution in [3.8, 4) is 0 Å². The molecule has 2 N–H and O–H groups in total. The lowest BCUT2D eigenvalue weighted by Gasteiger charge is -2.13. The van der Waals surface area contributed by atoms with Crippen LogP contribution in [-0.2, 0) is 0 Å². The van der Waals surface area contributed by atoms with Crippen molar-refractivity contribution in [3.63, 3.8) is 0 Å². The molecule has 2 aromatic carbocycles. The Labute approximate surface area is 164 Å². The lowest BCUT2D eigenvalue weighted by Crippen LogP contribution is -2.19. The summed E-state index contributed by atoms with van der Waals surface area (Å²) in [7, 11) is 0. The molecule has 0 bridgehead atoms. The molecule has 3 rings (SSSR count). The zero-order valence-electron chi connectivity index (χ0n) is 16.2. The van der Waals surface area contributed by atoms with E-state index in [0.29, 0.717) is 0 Å². The Kier molecular flexibility index (Phi) is 5.84. The van der Waals surface area contributed by atoms with E-state index in [1.165, 1.54) is 0 Å². The molecule has 0 aliphatic carbocycles. The first-order valence-corrected chi connectivity index (χ1v) is 9.20. The highest BCUT2D eigenvalue weighted by molar-refractivity contribution is 6.06. The van der Waals surface area contributed by atoms with Crippen molar-refractivity contribution in [2.45, 2.75) is 26.7 Å². The first-order chi connectivity index (χ1) is 13.5. The molecular weight excluding hydrogens is 350 g/mol. The number of aromatic nitrogens is 1. The van der Waals surface area contributed by atoms with Gasteiger partial charge in [0.05, 0.1) is 0 Å². The van der Waals surface area contributed by atoms with E-state index >= 15 is 0 Å². The van der Waals surface area contributed by atoms with Gasteiger partial charge >= 0.3 is 0 Å². The molecule has 1 aromatic heterocycles. The highest BCUT2D eigenvalue weighted by Gasteiger charge is 2.15. The summed E-state index contributed by atoms with van der Waals surface area (Å²) in [6.07, 6.45) is 0. The van der Waals surface area contributed by atoms with Crippen LogP contribution in [0.4, 0.5) is 11.4 Å². The number of pyridine rings is 1. The Hall–Kier alpha value is -3.47. The van der Waals surface area contributed by atoms with Gasteiger partial charge in [0.1, 0.15) is 11.4 Å². The first kappa shape index (κ1) is 19.3. The van der Waals surface area contributed by atoms with Crippen LogP contribution < -0.4 is 10.6 Å². The summed E-state index contributed by atoms with van der Waals surface area (Å²) >= 11 is 0. The minimum atomic E-state index is -0.355. The van der Waals surface area contributed by atoms with Crippen molar-refractivity contribution in [2.24, 2.45) is 0 Å². The molecule has 0 spiro atoms. The number of amides is 2. The van der Waals surface area contributed by atoms with Gasteiger partial charge in [0, 0.05) is 11.4 Å². The molecule has 0 fully saturated rings. The van der Waals surface area contributed by atoms with E-state index in [4.69, 9.17) is 0 Å². The molecule has 3 aromatic rings. The smallest absolute Gasteiger partial charge is 0.274 e. The fourth-order valence-electron chi connectivity index (χ4n) is 2.89. The maximum Gasteiger partial charge on any atom is 0.274 e. The molecule has 0 saturated carbocycles. The van der Waals surface area contributed by atoms with Gasteiger partial charge in [0.15, 0.2) is 0 Å². The summed E-state index contributed by atoms with van der Waals surface area (Å²) in [4.78, 5) is 29.5. The van der Waals surface area contributed by atoms with Gasteiger partial charge in [0.25, 0.3) is 11.8 Å². The zero-order valence-corrected chi connectivity index (χ0v) is 16.2. The van der Waals surface area contributed by atoms with E-state index in [0.717, 1.165) is 22.5 Å². The first-order valence-electron chi connectivity index (χ1n) is 9.20. The molecule has 0 unspecified atom stereocenters. The SMILES string of the molecule is Cc1ccccc1NC(=O)c1cccc(C(=O)Nc2ccccc2C(C)C)n1. The third kappa shape index (κ3) is 4.43. The number of para-hydroxylation sites is 2. The number of hydrogen-bond donors (Lipinski definition) is 2. The van der Waals surface area contributed by atoms with E-state index < -0.39 is 0 Å². The molecule has 2 amide bonds. The number of anilines is 2. The van der Waals surface area contributed by atoms with Crippen LogP contribution in [-0.4, -0.2) is 16.8 Å². The fourth-order valence-corrected chi connectivity index (χ4v) is 2.89. The average molecular weight is 373 g/mol.